The van der Waals surface area contributed by atoms with Crippen molar-refractivity contribution in [1.82, 2.24) is 5.43 Å². The van der Waals surface area contributed by atoms with Gasteiger partial charge in [0.25, 0.3) is 0 Å². The maximum Gasteiger partial charge on any atom is 0.332 e. The molecule has 0 bridgehead atoms. The first kappa shape index (κ1) is 8.99. The van der Waals surface area contributed by atoms with E-state index in [2.05, 4.69) is 10.5 Å². The molecule has 0 aromatic heterocycles. The third-order valence-electron chi connectivity index (χ3n) is 1.68. The number of nitrogens with two attached hydrogens (primary N) is 1. The van der Waals surface area contributed by atoms with Crippen molar-refractivity contribution in [1.29, 1.82) is 0 Å². The molecule has 68 valence electrons. The van der Waals surface area contributed by atoms with Crippen LogP contribution in [0.1, 0.15) is 19.8 Å². The van der Waals surface area contributed by atoms with E-state index in [-0.39, 0.29) is 12.2 Å². The van der Waals surface area contributed by atoms with Crippen LogP contribution >= 0.6 is 0 Å². The third kappa shape index (κ3) is 2.87. The van der Waals surface area contributed by atoms with E-state index in [4.69, 9.17) is 10.5 Å². The van der Waals surface area contributed by atoms with E-state index in [1.807, 2.05) is 6.92 Å². The summed E-state index contributed by atoms with van der Waals surface area (Å²) in [4.78, 5) is 10.2. The van der Waals surface area contributed by atoms with E-state index < -0.39 is 6.03 Å². The average molecular weight is 171 g/mol. The number of amides is 2. The highest BCUT2D eigenvalue weighted by molar-refractivity contribution is 5.73. The van der Waals surface area contributed by atoms with E-state index >= 15 is 0 Å². The molecular weight excluding hydrogens is 158 g/mol. The highest BCUT2D eigenvalue weighted by Crippen LogP contribution is 2.16. The summed E-state index contributed by atoms with van der Waals surface area (Å²) in [7, 11) is 0. The van der Waals surface area contributed by atoms with Crippen molar-refractivity contribution < 1.29 is 9.53 Å². The van der Waals surface area contributed by atoms with Crippen molar-refractivity contribution in [3.8, 4) is 0 Å². The molecule has 0 spiro atoms. The molecule has 0 aromatic rings. The standard InChI is InChI=1S/C7H13N3O2/c1-5-2-3-6(12-5)4-9-10-7(8)11/h4-6H,2-3H2,1H3,(H3,8,10,11). The van der Waals surface area contributed by atoms with Gasteiger partial charge in [0, 0.05) is 0 Å². The maximum absolute atomic E-state index is 10.2. The highest BCUT2D eigenvalue weighted by atomic mass is 16.5. The molecule has 1 aliphatic heterocycles. The van der Waals surface area contributed by atoms with Crippen LogP contribution in [0.2, 0.25) is 0 Å². The largest absolute Gasteiger partial charge is 0.370 e. The molecule has 2 amide bonds. The average Bonchev–Trinajstić information content (AvgIpc) is 2.35. The van der Waals surface area contributed by atoms with Crippen LogP contribution in [-0.4, -0.2) is 24.5 Å². The molecule has 2 unspecified atom stereocenters. The molecular formula is C7H13N3O2. The van der Waals surface area contributed by atoms with Crippen molar-refractivity contribution >= 4 is 12.2 Å². The number of hydrogen-bond acceptors (Lipinski definition) is 3. The number of hydrogen-bond donors (Lipinski definition) is 2. The minimum Gasteiger partial charge on any atom is -0.370 e. The van der Waals surface area contributed by atoms with Gasteiger partial charge in [-0.3, -0.25) is 0 Å². The van der Waals surface area contributed by atoms with E-state index in [9.17, 15) is 4.79 Å². The predicted octanol–water partition coefficient (Wildman–Crippen LogP) is 0.208. The van der Waals surface area contributed by atoms with E-state index in [1.165, 1.54) is 0 Å². The first-order valence-electron chi connectivity index (χ1n) is 3.92. The number of carbonyl (C=O) groups is 1. The fourth-order valence-corrected chi connectivity index (χ4v) is 1.13. The quantitative estimate of drug-likeness (QED) is 0.460. The van der Waals surface area contributed by atoms with Gasteiger partial charge in [0.2, 0.25) is 0 Å². The van der Waals surface area contributed by atoms with Crippen molar-refractivity contribution in [3.05, 3.63) is 0 Å². The molecule has 1 saturated heterocycles. The Balaban J connectivity index is 2.22. The van der Waals surface area contributed by atoms with Crippen LogP contribution in [0.4, 0.5) is 4.79 Å². The number of rotatable bonds is 2. The lowest BCUT2D eigenvalue weighted by Crippen LogP contribution is -2.25. The molecule has 0 aliphatic carbocycles. The number of ether oxygens (including phenoxy) is 1. The fraction of sp³-hybridized carbons (Fsp3) is 0.714. The smallest absolute Gasteiger partial charge is 0.332 e. The lowest BCUT2D eigenvalue weighted by atomic mass is 10.2. The summed E-state index contributed by atoms with van der Waals surface area (Å²) < 4.78 is 5.40. The second-order valence-electron chi connectivity index (χ2n) is 2.82. The number of urea groups is 1. The Morgan fingerprint density at radius 3 is 3.00 bits per heavy atom. The van der Waals surface area contributed by atoms with Crippen molar-refractivity contribution in [2.24, 2.45) is 10.8 Å². The van der Waals surface area contributed by atoms with Crippen LogP contribution in [0.25, 0.3) is 0 Å². The van der Waals surface area contributed by atoms with Crippen LogP contribution in [0.5, 0.6) is 0 Å². The van der Waals surface area contributed by atoms with Crippen molar-refractivity contribution in [2.45, 2.75) is 32.0 Å². The molecule has 12 heavy (non-hydrogen) atoms. The lowest BCUT2D eigenvalue weighted by Gasteiger charge is -2.03. The van der Waals surface area contributed by atoms with Gasteiger partial charge in [-0.2, -0.15) is 5.10 Å². The van der Waals surface area contributed by atoms with Gasteiger partial charge in [0.15, 0.2) is 0 Å². The lowest BCUT2D eigenvalue weighted by molar-refractivity contribution is 0.0960. The Morgan fingerprint density at radius 1 is 1.75 bits per heavy atom. The molecule has 2 atom stereocenters. The van der Waals surface area contributed by atoms with Gasteiger partial charge < -0.3 is 10.5 Å². The van der Waals surface area contributed by atoms with Crippen LogP contribution in [0.15, 0.2) is 5.10 Å². The minimum atomic E-state index is -0.655. The second kappa shape index (κ2) is 4.06. The molecule has 1 fully saturated rings. The van der Waals surface area contributed by atoms with Gasteiger partial charge in [-0.05, 0) is 19.8 Å². The molecule has 1 rings (SSSR count). The zero-order valence-electron chi connectivity index (χ0n) is 6.99. The minimum absolute atomic E-state index is 0.0202. The summed E-state index contributed by atoms with van der Waals surface area (Å²) in [5, 5.41) is 3.61. The topological polar surface area (TPSA) is 76.7 Å². The molecule has 1 heterocycles. The third-order valence-corrected chi connectivity index (χ3v) is 1.68. The maximum atomic E-state index is 10.2. The predicted molar refractivity (Wildman–Crippen MR) is 44.8 cm³/mol. The van der Waals surface area contributed by atoms with Gasteiger partial charge in [-0.25, -0.2) is 10.2 Å². The van der Waals surface area contributed by atoms with Crippen LogP contribution in [0.3, 0.4) is 0 Å². The molecule has 5 nitrogen and oxygen atoms in total. The van der Waals surface area contributed by atoms with Crippen LogP contribution in [-0.2, 0) is 4.74 Å². The summed E-state index contributed by atoms with van der Waals surface area (Å²) in [6, 6.07) is -0.655. The van der Waals surface area contributed by atoms with E-state index in [1.54, 1.807) is 6.21 Å². The van der Waals surface area contributed by atoms with Gasteiger partial charge in [-0.15, -0.1) is 0 Å². The van der Waals surface area contributed by atoms with Gasteiger partial charge in [0.1, 0.15) is 0 Å². The fourth-order valence-electron chi connectivity index (χ4n) is 1.13. The molecule has 0 radical (unpaired) electrons. The Kier molecular flexibility index (Phi) is 3.04. The van der Waals surface area contributed by atoms with Crippen molar-refractivity contribution in [3.63, 3.8) is 0 Å². The molecule has 0 saturated carbocycles. The monoisotopic (exact) mass is 171 g/mol. The Hall–Kier alpha value is -1.10. The van der Waals surface area contributed by atoms with Crippen LogP contribution in [0, 0.1) is 0 Å². The first-order chi connectivity index (χ1) is 5.68. The number of nitrogens with zero attached hydrogens (tertiary/aromatic N) is 1. The highest BCUT2D eigenvalue weighted by Gasteiger charge is 2.19. The summed E-state index contributed by atoms with van der Waals surface area (Å²) in [6.07, 6.45) is 3.86. The number of carbonyl (C=O) groups excluding carboxylic acids is 1. The number of hydrazone groups is 1. The van der Waals surface area contributed by atoms with Crippen molar-refractivity contribution in [2.75, 3.05) is 0 Å². The zero-order valence-corrected chi connectivity index (χ0v) is 6.99. The molecule has 1 aliphatic rings. The van der Waals surface area contributed by atoms with E-state index in [0.29, 0.717) is 0 Å². The first-order valence-corrected chi connectivity index (χ1v) is 3.92. The summed E-state index contributed by atoms with van der Waals surface area (Å²) in [5.41, 5.74) is 6.92. The Bertz CT molecular complexity index is 193. The Labute approximate surface area is 71.0 Å². The summed E-state index contributed by atoms with van der Waals surface area (Å²) in [5.74, 6) is 0. The zero-order chi connectivity index (χ0) is 8.97. The molecule has 5 heteroatoms. The van der Waals surface area contributed by atoms with Gasteiger partial charge in [-0.1, -0.05) is 0 Å². The van der Waals surface area contributed by atoms with Gasteiger partial charge in [0.05, 0.1) is 18.4 Å². The van der Waals surface area contributed by atoms with Crippen LogP contribution < -0.4 is 11.2 Å². The van der Waals surface area contributed by atoms with E-state index in [0.717, 1.165) is 12.8 Å². The second-order valence-corrected chi connectivity index (χ2v) is 2.82. The Morgan fingerprint density at radius 2 is 2.50 bits per heavy atom. The SMILES string of the molecule is CC1CCC(C=NNC(N)=O)O1. The normalized spacial score (nSPS) is 29.4. The summed E-state index contributed by atoms with van der Waals surface area (Å²) >= 11 is 0. The van der Waals surface area contributed by atoms with Gasteiger partial charge >= 0.3 is 6.03 Å². The molecule has 0 aromatic carbocycles. The molecule has 3 N–H and O–H groups in total. The number of nitrogens with one attached hydrogen (secondary N) is 1. The number of primary amides is 1. The summed E-state index contributed by atoms with van der Waals surface area (Å²) in [6.45, 7) is 2.01.